The van der Waals surface area contributed by atoms with Crippen molar-refractivity contribution in [3.8, 4) is 0 Å². The number of carbonyl (C=O) groups is 2. The molecular weight excluding hydrogens is 359 g/mol. The van der Waals surface area contributed by atoms with Crippen molar-refractivity contribution in [2.45, 2.75) is 57.7 Å². The molecule has 6 heteroatoms. The first-order valence-corrected chi connectivity index (χ1v) is 10.4. The Morgan fingerprint density at radius 2 is 1.89 bits per heavy atom. The second kappa shape index (κ2) is 7.47. The SMILES string of the molecule is Cc1ccc(C(=O)N2CCC3(CCC(C(=O)N4CCCC4)O3)C(C)C2)cc1F. The Kier molecular flexibility index (Phi) is 5.17. The number of hydrogen-bond acceptors (Lipinski definition) is 3. The van der Waals surface area contributed by atoms with Gasteiger partial charge in [0.05, 0.1) is 5.60 Å². The Labute approximate surface area is 165 Å². The molecule has 3 aliphatic heterocycles. The lowest BCUT2D eigenvalue weighted by Gasteiger charge is -2.44. The maximum absolute atomic E-state index is 13.8. The minimum absolute atomic E-state index is 0.134. The molecule has 4 rings (SSSR count). The molecule has 0 N–H and O–H groups in total. The van der Waals surface area contributed by atoms with Crippen molar-refractivity contribution in [3.63, 3.8) is 0 Å². The molecule has 0 aromatic heterocycles. The zero-order chi connectivity index (χ0) is 19.9. The minimum Gasteiger partial charge on any atom is -0.362 e. The lowest BCUT2D eigenvalue weighted by molar-refractivity contribution is -0.154. The maximum atomic E-state index is 13.8. The van der Waals surface area contributed by atoms with Gasteiger partial charge in [0.2, 0.25) is 0 Å². The number of piperidine rings is 1. The maximum Gasteiger partial charge on any atom is 0.253 e. The number of halogens is 1. The van der Waals surface area contributed by atoms with Gasteiger partial charge in [-0.15, -0.1) is 0 Å². The number of hydrogen-bond donors (Lipinski definition) is 0. The van der Waals surface area contributed by atoms with Crippen LogP contribution in [0.15, 0.2) is 18.2 Å². The summed E-state index contributed by atoms with van der Waals surface area (Å²) in [5.74, 6) is -0.217. The van der Waals surface area contributed by atoms with Crippen molar-refractivity contribution in [3.05, 3.63) is 35.1 Å². The van der Waals surface area contributed by atoms with E-state index in [9.17, 15) is 14.0 Å². The second-order valence-electron chi connectivity index (χ2n) is 8.61. The minimum atomic E-state index is -0.352. The summed E-state index contributed by atoms with van der Waals surface area (Å²) in [6.07, 6.45) is 4.16. The van der Waals surface area contributed by atoms with E-state index in [0.717, 1.165) is 45.2 Å². The van der Waals surface area contributed by atoms with E-state index in [1.807, 2.05) is 4.90 Å². The van der Waals surface area contributed by atoms with Crippen molar-refractivity contribution in [2.24, 2.45) is 5.92 Å². The van der Waals surface area contributed by atoms with Gasteiger partial charge in [0.25, 0.3) is 11.8 Å². The van der Waals surface area contributed by atoms with Crippen LogP contribution in [0.4, 0.5) is 4.39 Å². The highest BCUT2D eigenvalue weighted by Gasteiger charge is 2.50. The van der Waals surface area contributed by atoms with E-state index in [4.69, 9.17) is 4.74 Å². The fraction of sp³-hybridized carbons (Fsp3) is 0.636. The molecule has 152 valence electrons. The Morgan fingerprint density at radius 3 is 2.57 bits per heavy atom. The molecule has 5 nitrogen and oxygen atoms in total. The number of nitrogens with zero attached hydrogens (tertiary/aromatic N) is 2. The first-order chi connectivity index (χ1) is 13.4. The third-order valence-electron chi connectivity index (χ3n) is 6.80. The average Bonchev–Trinajstić information content (AvgIpc) is 3.36. The molecule has 3 fully saturated rings. The highest BCUT2D eigenvalue weighted by molar-refractivity contribution is 5.94. The Bertz CT molecular complexity index is 777. The quantitative estimate of drug-likeness (QED) is 0.782. The van der Waals surface area contributed by atoms with Gasteiger partial charge < -0.3 is 14.5 Å². The van der Waals surface area contributed by atoms with Gasteiger partial charge in [-0.05, 0) is 56.7 Å². The van der Waals surface area contributed by atoms with Crippen LogP contribution in [-0.4, -0.2) is 59.5 Å². The summed E-state index contributed by atoms with van der Waals surface area (Å²) in [6.45, 7) is 6.61. The van der Waals surface area contributed by atoms with E-state index in [2.05, 4.69) is 6.92 Å². The van der Waals surface area contributed by atoms with E-state index in [0.29, 0.717) is 24.2 Å². The number of rotatable bonds is 2. The lowest BCUT2D eigenvalue weighted by atomic mass is 9.80. The van der Waals surface area contributed by atoms with Crippen LogP contribution >= 0.6 is 0 Å². The van der Waals surface area contributed by atoms with Gasteiger partial charge in [0.1, 0.15) is 11.9 Å². The number of carbonyl (C=O) groups excluding carboxylic acids is 2. The lowest BCUT2D eigenvalue weighted by Crippen LogP contribution is -2.53. The Hall–Kier alpha value is -1.95. The standard InChI is InChI=1S/C22H29FN2O3/c1-15-5-6-17(13-18(15)23)20(26)25-12-9-22(16(2)14-25)8-7-19(28-22)21(27)24-10-3-4-11-24/h5-6,13,16,19H,3-4,7-12,14H2,1-2H3. The highest BCUT2D eigenvalue weighted by Crippen LogP contribution is 2.43. The molecule has 3 unspecified atom stereocenters. The normalized spacial score (nSPS) is 30.2. The summed E-state index contributed by atoms with van der Waals surface area (Å²) in [5, 5.41) is 0. The summed E-state index contributed by atoms with van der Waals surface area (Å²) in [4.78, 5) is 29.2. The zero-order valence-corrected chi connectivity index (χ0v) is 16.7. The molecule has 0 bridgehead atoms. The van der Waals surface area contributed by atoms with Gasteiger partial charge in [-0.1, -0.05) is 13.0 Å². The summed E-state index contributed by atoms with van der Waals surface area (Å²) in [5.41, 5.74) is 0.603. The molecule has 2 amide bonds. The number of aryl methyl sites for hydroxylation is 1. The molecule has 3 atom stereocenters. The van der Waals surface area contributed by atoms with Crippen molar-refractivity contribution in [1.29, 1.82) is 0 Å². The van der Waals surface area contributed by atoms with Crippen LogP contribution in [0.1, 0.15) is 54.9 Å². The number of benzene rings is 1. The molecule has 0 saturated carbocycles. The van der Waals surface area contributed by atoms with Gasteiger partial charge in [0.15, 0.2) is 0 Å². The Morgan fingerprint density at radius 1 is 1.14 bits per heavy atom. The van der Waals surface area contributed by atoms with Crippen LogP contribution in [0.2, 0.25) is 0 Å². The topological polar surface area (TPSA) is 49.9 Å². The molecule has 3 heterocycles. The number of amides is 2. The molecule has 1 aromatic rings. The summed E-state index contributed by atoms with van der Waals surface area (Å²) in [7, 11) is 0. The van der Waals surface area contributed by atoms with E-state index in [1.165, 1.54) is 6.07 Å². The fourth-order valence-corrected chi connectivity index (χ4v) is 4.89. The van der Waals surface area contributed by atoms with Crippen LogP contribution < -0.4 is 0 Å². The van der Waals surface area contributed by atoms with E-state index in [-0.39, 0.29) is 35.3 Å². The van der Waals surface area contributed by atoms with Crippen LogP contribution in [0.3, 0.4) is 0 Å². The molecule has 1 spiro atoms. The number of likely N-dealkylation sites (tertiary alicyclic amines) is 2. The largest absolute Gasteiger partial charge is 0.362 e. The average molecular weight is 388 g/mol. The highest BCUT2D eigenvalue weighted by atomic mass is 19.1. The molecule has 0 aliphatic carbocycles. The Balaban J connectivity index is 1.40. The molecule has 0 radical (unpaired) electrons. The van der Waals surface area contributed by atoms with Crippen molar-refractivity contribution >= 4 is 11.8 Å². The van der Waals surface area contributed by atoms with Crippen LogP contribution in [-0.2, 0) is 9.53 Å². The van der Waals surface area contributed by atoms with Gasteiger partial charge in [0, 0.05) is 37.7 Å². The van der Waals surface area contributed by atoms with Crippen LogP contribution in [0.25, 0.3) is 0 Å². The van der Waals surface area contributed by atoms with E-state index in [1.54, 1.807) is 24.0 Å². The van der Waals surface area contributed by atoms with E-state index >= 15 is 0 Å². The molecule has 1 aromatic carbocycles. The molecule has 28 heavy (non-hydrogen) atoms. The fourth-order valence-electron chi connectivity index (χ4n) is 4.89. The van der Waals surface area contributed by atoms with Crippen molar-refractivity contribution in [2.75, 3.05) is 26.2 Å². The smallest absolute Gasteiger partial charge is 0.253 e. The van der Waals surface area contributed by atoms with Gasteiger partial charge in [-0.2, -0.15) is 0 Å². The number of ether oxygens (including phenoxy) is 1. The summed E-state index contributed by atoms with van der Waals surface area (Å²) >= 11 is 0. The van der Waals surface area contributed by atoms with E-state index < -0.39 is 0 Å². The third kappa shape index (κ3) is 3.43. The zero-order valence-electron chi connectivity index (χ0n) is 16.7. The van der Waals surface area contributed by atoms with Gasteiger partial charge >= 0.3 is 0 Å². The van der Waals surface area contributed by atoms with Crippen molar-refractivity contribution in [1.82, 2.24) is 9.80 Å². The third-order valence-corrected chi connectivity index (χ3v) is 6.80. The summed E-state index contributed by atoms with van der Waals surface area (Å²) in [6, 6.07) is 4.65. The van der Waals surface area contributed by atoms with Crippen LogP contribution in [0.5, 0.6) is 0 Å². The predicted molar refractivity (Wildman–Crippen MR) is 103 cm³/mol. The first-order valence-electron chi connectivity index (χ1n) is 10.4. The summed E-state index contributed by atoms with van der Waals surface area (Å²) < 4.78 is 20.2. The van der Waals surface area contributed by atoms with Gasteiger partial charge in [-0.25, -0.2) is 4.39 Å². The van der Waals surface area contributed by atoms with Crippen LogP contribution in [0, 0.1) is 18.7 Å². The second-order valence-corrected chi connectivity index (χ2v) is 8.61. The van der Waals surface area contributed by atoms with Crippen molar-refractivity contribution < 1.29 is 18.7 Å². The first kappa shape index (κ1) is 19.4. The molecule has 3 saturated heterocycles. The molecule has 3 aliphatic rings. The van der Waals surface area contributed by atoms with Gasteiger partial charge in [-0.3, -0.25) is 9.59 Å². The predicted octanol–water partition coefficient (Wildman–Crippen LogP) is 3.16. The molecular formula is C22H29FN2O3. The monoisotopic (exact) mass is 388 g/mol.